The van der Waals surface area contributed by atoms with Crippen LogP contribution >= 0.6 is 24.8 Å². The van der Waals surface area contributed by atoms with E-state index >= 15 is 0 Å². The number of halogens is 2. The molecule has 6 N–H and O–H groups in total. The highest BCUT2D eigenvalue weighted by molar-refractivity contribution is 5.85. The molecule has 0 unspecified atom stereocenters. The molecule has 2 aliphatic rings. The quantitative estimate of drug-likeness (QED) is 0.373. The number of rotatable bonds is 10. The maximum Gasteiger partial charge on any atom is 0.407 e. The van der Waals surface area contributed by atoms with Gasteiger partial charge in [-0.1, -0.05) is 38.5 Å². The van der Waals surface area contributed by atoms with E-state index in [2.05, 4.69) is 10.6 Å². The van der Waals surface area contributed by atoms with Crippen LogP contribution in [0, 0.1) is 0 Å². The van der Waals surface area contributed by atoms with Gasteiger partial charge in [0.05, 0.1) is 13.2 Å². The van der Waals surface area contributed by atoms with E-state index in [1.165, 1.54) is 12.8 Å². The number of amides is 2. The predicted octanol–water partition coefficient (Wildman–Crippen LogP) is 3.77. The van der Waals surface area contributed by atoms with Crippen molar-refractivity contribution in [3.63, 3.8) is 0 Å². The minimum Gasteiger partial charge on any atom is -0.449 e. The van der Waals surface area contributed by atoms with Crippen LogP contribution in [0.5, 0.6) is 0 Å². The molecule has 0 spiro atoms. The molecule has 2 fully saturated rings. The van der Waals surface area contributed by atoms with E-state index in [1.54, 1.807) is 0 Å². The van der Waals surface area contributed by atoms with Crippen molar-refractivity contribution >= 4 is 37.0 Å². The summed E-state index contributed by atoms with van der Waals surface area (Å²) in [6.07, 6.45) is 11.9. The zero-order chi connectivity index (χ0) is 21.0. The first-order chi connectivity index (χ1) is 14.0. The number of hydrogen-bond acceptors (Lipinski definition) is 6. The number of nitrogens with one attached hydrogen (secondary N) is 2. The molecule has 0 radical (unpaired) electrons. The van der Waals surface area contributed by atoms with Crippen molar-refractivity contribution in [1.82, 2.24) is 10.6 Å². The first-order valence-electron chi connectivity index (χ1n) is 11.4. The molecule has 184 valence electrons. The number of carbonyl (C=O) groups excluding carboxylic acids is 2. The first-order valence-corrected chi connectivity index (χ1v) is 11.4. The van der Waals surface area contributed by atoms with Crippen LogP contribution < -0.4 is 22.1 Å². The molecule has 2 amide bonds. The molecule has 0 aromatic heterocycles. The molecule has 0 heterocycles. The van der Waals surface area contributed by atoms with Crippen LogP contribution in [0.1, 0.15) is 83.5 Å². The Bertz CT molecular complexity index is 464. The summed E-state index contributed by atoms with van der Waals surface area (Å²) in [7, 11) is 0. The summed E-state index contributed by atoms with van der Waals surface area (Å²) in [6, 6.07) is 0.443. The second-order valence-corrected chi connectivity index (χ2v) is 8.63. The summed E-state index contributed by atoms with van der Waals surface area (Å²) < 4.78 is 10.6. The third kappa shape index (κ3) is 12.6. The van der Waals surface area contributed by atoms with Crippen LogP contribution in [0.15, 0.2) is 0 Å². The van der Waals surface area contributed by atoms with Gasteiger partial charge in [0.15, 0.2) is 0 Å². The molecule has 8 nitrogen and oxygen atoms in total. The molecule has 0 atom stereocenters. The average molecular weight is 485 g/mol. The van der Waals surface area contributed by atoms with E-state index in [4.69, 9.17) is 20.9 Å². The number of carbonyl (C=O) groups is 2. The Kier molecular flexibility index (Phi) is 16.1. The fourth-order valence-corrected chi connectivity index (χ4v) is 4.27. The van der Waals surface area contributed by atoms with Crippen molar-refractivity contribution in [2.75, 3.05) is 19.8 Å². The Morgan fingerprint density at radius 3 is 1.48 bits per heavy atom. The van der Waals surface area contributed by atoms with E-state index in [0.717, 1.165) is 51.4 Å². The van der Waals surface area contributed by atoms with Crippen molar-refractivity contribution in [1.29, 1.82) is 0 Å². The lowest BCUT2D eigenvalue weighted by molar-refractivity contribution is 0.111. The molecular weight excluding hydrogens is 443 g/mol. The second kappa shape index (κ2) is 16.6. The summed E-state index contributed by atoms with van der Waals surface area (Å²) in [4.78, 5) is 23.9. The Balaban J connectivity index is 0.00000450. The van der Waals surface area contributed by atoms with Gasteiger partial charge in [-0.15, -0.1) is 24.8 Å². The van der Waals surface area contributed by atoms with Gasteiger partial charge in [0.2, 0.25) is 0 Å². The van der Waals surface area contributed by atoms with Gasteiger partial charge in [0, 0.05) is 17.6 Å². The summed E-state index contributed by atoms with van der Waals surface area (Å²) in [6.45, 7) is 0.881. The van der Waals surface area contributed by atoms with Crippen molar-refractivity contribution in [3.05, 3.63) is 0 Å². The van der Waals surface area contributed by atoms with Gasteiger partial charge in [0.25, 0.3) is 0 Å². The standard InChI is InChI=1S/C21H40N4O4.2ClH/c22-14-11-21(23,12-15-28-19(26)24-17-7-3-1-4-8-17)13-16-29-20(27)25-18-9-5-2-6-10-18;;/h17-18H,1-16,22-23H2,(H,24,26)(H,25,27);2*1H. The number of ether oxygens (including phenoxy) is 2. The fourth-order valence-electron chi connectivity index (χ4n) is 4.27. The Morgan fingerprint density at radius 2 is 1.13 bits per heavy atom. The third-order valence-electron chi connectivity index (χ3n) is 6.16. The molecule has 10 heteroatoms. The highest BCUT2D eigenvalue weighted by atomic mass is 35.5. The molecule has 0 aromatic carbocycles. The van der Waals surface area contributed by atoms with Gasteiger partial charge < -0.3 is 31.6 Å². The van der Waals surface area contributed by atoms with E-state index in [9.17, 15) is 9.59 Å². The van der Waals surface area contributed by atoms with Crippen LogP contribution in [0.4, 0.5) is 9.59 Å². The Morgan fingerprint density at radius 1 is 0.742 bits per heavy atom. The van der Waals surface area contributed by atoms with Gasteiger partial charge in [-0.05, 0) is 51.5 Å². The largest absolute Gasteiger partial charge is 0.449 e. The molecule has 0 aliphatic heterocycles. The van der Waals surface area contributed by atoms with Crippen molar-refractivity contribution in [3.8, 4) is 0 Å². The molecule has 0 saturated heterocycles. The van der Waals surface area contributed by atoms with Crippen molar-refractivity contribution < 1.29 is 19.1 Å². The first kappa shape index (κ1) is 30.0. The second-order valence-electron chi connectivity index (χ2n) is 8.63. The summed E-state index contributed by atoms with van der Waals surface area (Å²) in [5, 5.41) is 5.86. The number of alkyl carbamates (subject to hydrolysis) is 2. The SMILES string of the molecule is Cl.Cl.NCCC(N)(CCOC(=O)NC1CCCCC1)CCOC(=O)NC1CCCCC1. The zero-order valence-corrected chi connectivity index (χ0v) is 20.2. The van der Waals surface area contributed by atoms with Crippen LogP contribution in [0.3, 0.4) is 0 Å². The topological polar surface area (TPSA) is 129 Å². The maximum atomic E-state index is 12.0. The molecule has 0 bridgehead atoms. The summed E-state index contributed by atoms with van der Waals surface area (Å²) in [5.41, 5.74) is 11.5. The monoisotopic (exact) mass is 484 g/mol. The van der Waals surface area contributed by atoms with Crippen molar-refractivity contribution in [2.24, 2.45) is 11.5 Å². The number of nitrogens with two attached hydrogens (primary N) is 2. The van der Waals surface area contributed by atoms with Gasteiger partial charge in [-0.25, -0.2) is 9.59 Å². The Hall–Kier alpha value is -0.960. The van der Waals surface area contributed by atoms with E-state index in [0.29, 0.717) is 25.8 Å². The molecule has 2 saturated carbocycles. The van der Waals surface area contributed by atoms with Gasteiger partial charge >= 0.3 is 12.2 Å². The van der Waals surface area contributed by atoms with E-state index < -0.39 is 5.54 Å². The minimum atomic E-state index is -0.620. The molecule has 31 heavy (non-hydrogen) atoms. The van der Waals surface area contributed by atoms with Crippen LogP contribution in [-0.4, -0.2) is 49.6 Å². The lowest BCUT2D eigenvalue weighted by atomic mass is 9.89. The average Bonchev–Trinajstić information content (AvgIpc) is 2.69. The zero-order valence-electron chi connectivity index (χ0n) is 18.6. The maximum absolute atomic E-state index is 12.0. The van der Waals surface area contributed by atoms with Gasteiger partial charge in [0.1, 0.15) is 0 Å². The van der Waals surface area contributed by atoms with E-state index in [-0.39, 0.29) is 62.3 Å². The highest BCUT2D eigenvalue weighted by Crippen LogP contribution is 2.20. The lowest BCUT2D eigenvalue weighted by Gasteiger charge is -2.29. The normalized spacial score (nSPS) is 17.6. The fraction of sp³-hybridized carbons (Fsp3) is 0.905. The smallest absolute Gasteiger partial charge is 0.407 e. The van der Waals surface area contributed by atoms with Crippen LogP contribution in [-0.2, 0) is 9.47 Å². The summed E-state index contributed by atoms with van der Waals surface area (Å²) >= 11 is 0. The molecule has 0 aromatic rings. The number of hydrogen-bond donors (Lipinski definition) is 4. The van der Waals surface area contributed by atoms with Crippen LogP contribution in [0.25, 0.3) is 0 Å². The van der Waals surface area contributed by atoms with E-state index in [1.807, 2.05) is 0 Å². The Labute approximate surface area is 199 Å². The van der Waals surface area contributed by atoms with Gasteiger partial charge in [-0.3, -0.25) is 0 Å². The molecular formula is C21H42Cl2N4O4. The van der Waals surface area contributed by atoms with Crippen LogP contribution in [0.2, 0.25) is 0 Å². The molecule has 2 aliphatic carbocycles. The van der Waals surface area contributed by atoms with Crippen molar-refractivity contribution in [2.45, 2.75) is 101 Å². The lowest BCUT2D eigenvalue weighted by Crippen LogP contribution is -2.45. The highest BCUT2D eigenvalue weighted by Gasteiger charge is 2.26. The minimum absolute atomic E-state index is 0. The third-order valence-corrected chi connectivity index (χ3v) is 6.16. The predicted molar refractivity (Wildman–Crippen MR) is 127 cm³/mol. The summed E-state index contributed by atoms with van der Waals surface area (Å²) in [5.74, 6) is 0. The molecule has 2 rings (SSSR count). The van der Waals surface area contributed by atoms with Gasteiger partial charge in [-0.2, -0.15) is 0 Å².